The van der Waals surface area contributed by atoms with E-state index in [4.69, 9.17) is 35.4 Å². The van der Waals surface area contributed by atoms with Crippen LogP contribution in [0.2, 0.25) is 10.3 Å². The van der Waals surface area contributed by atoms with Gasteiger partial charge in [-0.15, -0.1) is 0 Å². The fourth-order valence-electron chi connectivity index (χ4n) is 2.19. The average Bonchev–Trinajstić information content (AvgIpc) is 2.78. The molecule has 0 aromatic carbocycles. The van der Waals surface area contributed by atoms with Crippen molar-refractivity contribution in [3.8, 4) is 22.5 Å². The predicted molar refractivity (Wildman–Crippen MR) is 89.6 cm³/mol. The van der Waals surface area contributed by atoms with Crippen molar-refractivity contribution < 1.29 is 0 Å². The molecule has 0 aliphatic carbocycles. The Kier molecular flexibility index (Phi) is 3.99. The Morgan fingerprint density at radius 1 is 1.14 bits per heavy atom. The first-order valence-electron chi connectivity index (χ1n) is 6.37. The number of aromatic amines is 1. The van der Waals surface area contributed by atoms with Crippen molar-refractivity contribution in [1.82, 2.24) is 24.7 Å². The molecule has 0 saturated heterocycles. The first kappa shape index (κ1) is 15.1. The fraction of sp³-hybridized carbons (Fsp3) is 0.143. The van der Waals surface area contributed by atoms with Gasteiger partial charge in [0, 0.05) is 24.5 Å². The van der Waals surface area contributed by atoms with E-state index in [0.717, 1.165) is 22.4 Å². The second-order valence-electron chi connectivity index (χ2n) is 4.78. The van der Waals surface area contributed by atoms with E-state index in [9.17, 15) is 0 Å². The molecule has 0 bridgehead atoms. The number of rotatable bonds is 2. The summed E-state index contributed by atoms with van der Waals surface area (Å²) >= 11 is 17.2. The molecular weight excluding hydrogens is 341 g/mol. The molecule has 3 aromatic heterocycles. The van der Waals surface area contributed by atoms with Gasteiger partial charge in [0.15, 0.2) is 10.6 Å². The van der Waals surface area contributed by atoms with E-state index in [1.807, 2.05) is 20.0 Å². The van der Waals surface area contributed by atoms with Crippen LogP contribution in [0.15, 0.2) is 24.4 Å². The average molecular weight is 352 g/mol. The summed E-state index contributed by atoms with van der Waals surface area (Å²) in [7, 11) is 1.84. The van der Waals surface area contributed by atoms with Crippen LogP contribution in [0.1, 0.15) is 5.69 Å². The van der Waals surface area contributed by atoms with Crippen LogP contribution in [0, 0.1) is 11.7 Å². The Morgan fingerprint density at radius 2 is 1.82 bits per heavy atom. The van der Waals surface area contributed by atoms with Crippen molar-refractivity contribution in [2.75, 3.05) is 0 Å². The van der Waals surface area contributed by atoms with Crippen LogP contribution in [-0.4, -0.2) is 24.7 Å². The van der Waals surface area contributed by atoms with Crippen molar-refractivity contribution in [2.24, 2.45) is 7.05 Å². The summed E-state index contributed by atoms with van der Waals surface area (Å²) in [5.74, 6) is 0.691. The van der Waals surface area contributed by atoms with Gasteiger partial charge in [-0.3, -0.25) is 10.1 Å². The molecule has 0 fully saturated rings. The highest BCUT2D eigenvalue weighted by Gasteiger charge is 2.14. The lowest BCUT2D eigenvalue weighted by Gasteiger charge is -2.10. The van der Waals surface area contributed by atoms with Gasteiger partial charge in [-0.25, -0.2) is 4.98 Å². The van der Waals surface area contributed by atoms with Crippen molar-refractivity contribution in [3.63, 3.8) is 0 Å². The van der Waals surface area contributed by atoms with Gasteiger partial charge in [-0.2, -0.15) is 5.10 Å². The third-order valence-corrected chi connectivity index (χ3v) is 3.99. The van der Waals surface area contributed by atoms with Crippen LogP contribution in [0.5, 0.6) is 0 Å². The largest absolute Gasteiger partial charge is 0.303 e. The molecule has 22 heavy (non-hydrogen) atoms. The van der Waals surface area contributed by atoms with Crippen LogP contribution in [0.3, 0.4) is 0 Å². The number of pyridine rings is 2. The molecule has 0 atom stereocenters. The maximum Gasteiger partial charge on any atom is 0.195 e. The van der Waals surface area contributed by atoms with Gasteiger partial charge in [0.1, 0.15) is 10.3 Å². The third-order valence-electron chi connectivity index (χ3n) is 3.24. The second-order valence-corrected chi connectivity index (χ2v) is 5.95. The number of aromatic nitrogens is 5. The lowest BCUT2D eigenvalue weighted by Crippen LogP contribution is -1.97. The molecule has 1 N–H and O–H groups in total. The van der Waals surface area contributed by atoms with Crippen molar-refractivity contribution in [2.45, 2.75) is 6.92 Å². The number of nitrogens with one attached hydrogen (secondary N) is 1. The normalized spacial score (nSPS) is 10.9. The van der Waals surface area contributed by atoms with Crippen LogP contribution in [-0.2, 0) is 7.05 Å². The fourth-order valence-corrected chi connectivity index (χ4v) is 2.78. The molecule has 0 aliphatic heterocycles. The van der Waals surface area contributed by atoms with E-state index < -0.39 is 0 Å². The highest BCUT2D eigenvalue weighted by molar-refractivity contribution is 7.71. The maximum atomic E-state index is 6.02. The molecule has 0 aliphatic rings. The van der Waals surface area contributed by atoms with Crippen molar-refractivity contribution >= 4 is 35.4 Å². The first-order valence-corrected chi connectivity index (χ1v) is 7.54. The summed E-state index contributed by atoms with van der Waals surface area (Å²) < 4.78 is 2.32. The smallest absolute Gasteiger partial charge is 0.195 e. The molecule has 3 aromatic rings. The highest BCUT2D eigenvalue weighted by atomic mass is 35.5. The van der Waals surface area contributed by atoms with Crippen molar-refractivity contribution in [1.29, 1.82) is 0 Å². The summed E-state index contributed by atoms with van der Waals surface area (Å²) in [5, 5.41) is 7.71. The molecule has 0 unspecified atom stereocenters. The van der Waals surface area contributed by atoms with Gasteiger partial charge in [-0.05, 0) is 48.5 Å². The van der Waals surface area contributed by atoms with Crippen LogP contribution >= 0.6 is 35.4 Å². The van der Waals surface area contributed by atoms with Gasteiger partial charge in [0.25, 0.3) is 0 Å². The van der Waals surface area contributed by atoms with Gasteiger partial charge in [0.2, 0.25) is 0 Å². The Bertz CT molecular complexity index is 896. The quantitative estimate of drug-likeness (QED) is 0.554. The SMILES string of the molecule is Cc1cc(-c2cc(Cl)nc(Cl)c2)c(-c2n[nH]c(=S)n2C)cn1. The van der Waals surface area contributed by atoms with Crippen LogP contribution in [0.4, 0.5) is 0 Å². The maximum absolute atomic E-state index is 6.02. The summed E-state index contributed by atoms with van der Waals surface area (Å²) in [6.07, 6.45) is 1.76. The lowest BCUT2D eigenvalue weighted by molar-refractivity contribution is 0.901. The standard InChI is InChI=1S/C14H11Cl2N5S/c1-7-3-9(8-4-11(15)18-12(16)5-8)10(6-17-7)13-19-20-14(22)21(13)2/h3-6H,1-2H3,(H,20,22). The Labute approximate surface area is 142 Å². The Morgan fingerprint density at radius 3 is 2.41 bits per heavy atom. The van der Waals surface area contributed by atoms with Gasteiger partial charge in [0.05, 0.1) is 0 Å². The molecule has 8 heteroatoms. The number of hydrogen-bond acceptors (Lipinski definition) is 4. The zero-order valence-corrected chi connectivity index (χ0v) is 14.1. The van der Waals surface area contributed by atoms with Crippen molar-refractivity contribution in [3.05, 3.63) is 45.2 Å². The number of aryl methyl sites for hydroxylation is 1. The van der Waals surface area contributed by atoms with Gasteiger partial charge < -0.3 is 4.57 Å². The number of nitrogens with zero attached hydrogens (tertiary/aromatic N) is 4. The summed E-state index contributed by atoms with van der Waals surface area (Å²) in [6.45, 7) is 1.92. The minimum Gasteiger partial charge on any atom is -0.303 e. The zero-order valence-electron chi connectivity index (χ0n) is 11.8. The molecule has 112 valence electrons. The van der Waals surface area contributed by atoms with Gasteiger partial charge in [-0.1, -0.05) is 23.2 Å². The minimum atomic E-state index is 0.332. The molecule has 3 heterocycles. The number of H-pyrrole nitrogens is 1. The number of hydrogen-bond donors (Lipinski definition) is 1. The van der Waals surface area contributed by atoms with E-state index >= 15 is 0 Å². The summed E-state index contributed by atoms with van der Waals surface area (Å²) in [4.78, 5) is 8.33. The second kappa shape index (κ2) is 5.79. The minimum absolute atomic E-state index is 0.332. The summed E-state index contributed by atoms with van der Waals surface area (Å²) in [6, 6.07) is 5.47. The van der Waals surface area contributed by atoms with Gasteiger partial charge >= 0.3 is 0 Å². The van der Waals surface area contributed by atoms with E-state index in [0.29, 0.717) is 20.9 Å². The molecule has 0 radical (unpaired) electrons. The van der Waals surface area contributed by atoms with E-state index in [-0.39, 0.29) is 0 Å². The molecule has 0 spiro atoms. The lowest BCUT2D eigenvalue weighted by atomic mass is 10.0. The van der Waals surface area contributed by atoms with Crippen LogP contribution < -0.4 is 0 Å². The zero-order chi connectivity index (χ0) is 15.9. The van der Waals surface area contributed by atoms with E-state index in [1.165, 1.54) is 0 Å². The topological polar surface area (TPSA) is 59.4 Å². The predicted octanol–water partition coefficient (Wildman–Crippen LogP) is 4.22. The van der Waals surface area contributed by atoms with Crippen LogP contribution in [0.25, 0.3) is 22.5 Å². The van der Waals surface area contributed by atoms with E-state index in [1.54, 1.807) is 22.9 Å². The molecule has 0 saturated carbocycles. The monoisotopic (exact) mass is 351 g/mol. The summed E-state index contributed by atoms with van der Waals surface area (Å²) in [5.41, 5.74) is 3.47. The molecule has 3 rings (SSSR count). The molecular formula is C14H11Cl2N5S. The third kappa shape index (κ3) is 2.77. The molecule has 0 amide bonds. The van der Waals surface area contributed by atoms with E-state index in [2.05, 4.69) is 20.2 Å². The highest BCUT2D eigenvalue weighted by Crippen LogP contribution is 2.33. The Balaban J connectivity index is 2.29. The number of halogens is 2. The molecule has 5 nitrogen and oxygen atoms in total. The first-order chi connectivity index (χ1) is 10.5. The Hall–Kier alpha value is -1.76.